The Morgan fingerprint density at radius 1 is 0.864 bits per heavy atom. The molecule has 0 spiro atoms. The van der Waals surface area contributed by atoms with Crippen LogP contribution in [0.15, 0.2) is 47.5 Å². The SMILES string of the molecule is CC(CCc1ccc(O)cc1)=NCCc1ccc(O)c(O)c1. The Hall–Kier alpha value is -2.49. The van der Waals surface area contributed by atoms with Gasteiger partial charge in [-0.25, -0.2) is 0 Å². The molecule has 0 aliphatic carbocycles. The Bertz CT molecular complexity index is 648. The lowest BCUT2D eigenvalue weighted by Crippen LogP contribution is -1.98. The summed E-state index contributed by atoms with van der Waals surface area (Å²) in [5.74, 6) is 0.0918. The molecule has 0 heterocycles. The zero-order valence-corrected chi connectivity index (χ0v) is 12.7. The molecule has 0 aromatic heterocycles. The van der Waals surface area contributed by atoms with Gasteiger partial charge in [0.1, 0.15) is 5.75 Å². The Labute approximate surface area is 130 Å². The zero-order valence-electron chi connectivity index (χ0n) is 12.7. The highest BCUT2D eigenvalue weighted by Gasteiger charge is 2.01. The molecule has 0 radical (unpaired) electrons. The van der Waals surface area contributed by atoms with E-state index in [1.165, 1.54) is 11.6 Å². The lowest BCUT2D eigenvalue weighted by Gasteiger charge is -2.04. The molecule has 0 aliphatic rings. The van der Waals surface area contributed by atoms with E-state index in [0.29, 0.717) is 6.54 Å². The van der Waals surface area contributed by atoms with Crippen LogP contribution in [-0.4, -0.2) is 27.6 Å². The van der Waals surface area contributed by atoms with E-state index in [2.05, 4.69) is 4.99 Å². The van der Waals surface area contributed by atoms with Gasteiger partial charge in [0.15, 0.2) is 11.5 Å². The first-order valence-corrected chi connectivity index (χ1v) is 7.33. The van der Waals surface area contributed by atoms with Gasteiger partial charge in [0.2, 0.25) is 0 Å². The first-order valence-electron chi connectivity index (χ1n) is 7.33. The molecule has 2 aromatic carbocycles. The third-order valence-electron chi connectivity index (χ3n) is 3.53. The summed E-state index contributed by atoms with van der Waals surface area (Å²) < 4.78 is 0. The van der Waals surface area contributed by atoms with E-state index in [0.717, 1.165) is 30.5 Å². The Kier molecular flexibility index (Phi) is 5.42. The van der Waals surface area contributed by atoms with Gasteiger partial charge in [-0.05, 0) is 61.6 Å². The smallest absolute Gasteiger partial charge is 0.157 e. The summed E-state index contributed by atoms with van der Waals surface area (Å²) >= 11 is 0. The third kappa shape index (κ3) is 4.81. The number of benzene rings is 2. The van der Waals surface area contributed by atoms with Gasteiger partial charge < -0.3 is 15.3 Å². The molecule has 0 unspecified atom stereocenters. The molecule has 116 valence electrons. The molecule has 2 rings (SSSR count). The maximum Gasteiger partial charge on any atom is 0.157 e. The minimum atomic E-state index is -0.0997. The first-order chi connectivity index (χ1) is 10.5. The van der Waals surface area contributed by atoms with Gasteiger partial charge in [-0.3, -0.25) is 4.99 Å². The lowest BCUT2D eigenvalue weighted by atomic mass is 10.1. The highest BCUT2D eigenvalue weighted by Crippen LogP contribution is 2.24. The fourth-order valence-corrected chi connectivity index (χ4v) is 2.17. The van der Waals surface area contributed by atoms with E-state index in [1.807, 2.05) is 19.1 Å². The van der Waals surface area contributed by atoms with Gasteiger partial charge in [0.25, 0.3) is 0 Å². The minimum Gasteiger partial charge on any atom is -0.508 e. The maximum absolute atomic E-state index is 9.43. The predicted molar refractivity (Wildman–Crippen MR) is 87.9 cm³/mol. The number of aryl methyl sites for hydroxylation is 1. The van der Waals surface area contributed by atoms with Crippen molar-refractivity contribution in [2.45, 2.75) is 26.2 Å². The number of phenolic OH excluding ortho intramolecular Hbond substituents is 3. The van der Waals surface area contributed by atoms with Crippen LogP contribution in [0.2, 0.25) is 0 Å². The average Bonchev–Trinajstić information content (AvgIpc) is 2.50. The van der Waals surface area contributed by atoms with E-state index in [-0.39, 0.29) is 17.2 Å². The van der Waals surface area contributed by atoms with Crippen LogP contribution in [-0.2, 0) is 12.8 Å². The third-order valence-corrected chi connectivity index (χ3v) is 3.53. The van der Waals surface area contributed by atoms with Crippen LogP contribution in [0.1, 0.15) is 24.5 Å². The number of hydrogen-bond acceptors (Lipinski definition) is 4. The van der Waals surface area contributed by atoms with Crippen molar-refractivity contribution < 1.29 is 15.3 Å². The predicted octanol–water partition coefficient (Wildman–Crippen LogP) is 3.44. The van der Waals surface area contributed by atoms with Crippen LogP contribution in [0, 0.1) is 0 Å². The van der Waals surface area contributed by atoms with Crippen molar-refractivity contribution in [1.29, 1.82) is 0 Å². The molecule has 0 atom stereocenters. The summed E-state index contributed by atoms with van der Waals surface area (Å²) in [7, 11) is 0. The molecule has 0 fully saturated rings. The number of nitrogens with zero attached hydrogens (tertiary/aromatic N) is 1. The molecular weight excluding hydrogens is 278 g/mol. The topological polar surface area (TPSA) is 73.1 Å². The summed E-state index contributed by atoms with van der Waals surface area (Å²) in [6.45, 7) is 2.67. The molecule has 4 heteroatoms. The van der Waals surface area contributed by atoms with Crippen molar-refractivity contribution >= 4 is 5.71 Å². The van der Waals surface area contributed by atoms with Crippen LogP contribution in [0.4, 0.5) is 0 Å². The van der Waals surface area contributed by atoms with Gasteiger partial charge in [-0.15, -0.1) is 0 Å². The highest BCUT2D eigenvalue weighted by atomic mass is 16.3. The summed E-state index contributed by atoms with van der Waals surface area (Å²) in [6, 6.07) is 12.1. The van der Waals surface area contributed by atoms with Crippen molar-refractivity contribution in [2.75, 3.05) is 6.54 Å². The number of aliphatic imine (C=N–C) groups is 1. The van der Waals surface area contributed by atoms with Gasteiger partial charge in [0.05, 0.1) is 0 Å². The second-order valence-electron chi connectivity index (χ2n) is 5.36. The molecule has 0 amide bonds. The Morgan fingerprint density at radius 2 is 1.55 bits per heavy atom. The second-order valence-corrected chi connectivity index (χ2v) is 5.36. The van der Waals surface area contributed by atoms with Crippen LogP contribution in [0.5, 0.6) is 17.2 Å². The normalized spacial score (nSPS) is 11.6. The minimum absolute atomic E-state index is 0.0921. The molecule has 0 aliphatic heterocycles. The summed E-state index contributed by atoms with van der Waals surface area (Å²) in [5.41, 5.74) is 3.21. The number of hydrogen-bond donors (Lipinski definition) is 3. The molecule has 3 N–H and O–H groups in total. The van der Waals surface area contributed by atoms with Crippen LogP contribution < -0.4 is 0 Å². The zero-order chi connectivity index (χ0) is 15.9. The van der Waals surface area contributed by atoms with Crippen molar-refractivity contribution in [2.24, 2.45) is 4.99 Å². The molecule has 2 aromatic rings. The summed E-state index contributed by atoms with van der Waals surface area (Å²) in [4.78, 5) is 4.53. The quantitative estimate of drug-likeness (QED) is 0.565. The van der Waals surface area contributed by atoms with Crippen LogP contribution in [0.25, 0.3) is 0 Å². The molecule has 4 nitrogen and oxygen atoms in total. The van der Waals surface area contributed by atoms with E-state index < -0.39 is 0 Å². The van der Waals surface area contributed by atoms with E-state index in [9.17, 15) is 15.3 Å². The van der Waals surface area contributed by atoms with Gasteiger partial charge >= 0.3 is 0 Å². The standard InChI is InChI=1S/C18H21NO3/c1-13(2-3-14-4-7-16(20)8-5-14)19-11-10-15-6-9-17(21)18(22)12-15/h4-9,12,20-22H,2-3,10-11H2,1H3. The second kappa shape index (κ2) is 7.50. The number of aromatic hydroxyl groups is 3. The van der Waals surface area contributed by atoms with Crippen molar-refractivity contribution in [3.8, 4) is 17.2 Å². The molecular formula is C18H21NO3. The maximum atomic E-state index is 9.43. The van der Waals surface area contributed by atoms with E-state index >= 15 is 0 Å². The van der Waals surface area contributed by atoms with Gasteiger partial charge in [-0.1, -0.05) is 18.2 Å². The highest BCUT2D eigenvalue weighted by molar-refractivity contribution is 5.82. The molecule has 22 heavy (non-hydrogen) atoms. The fourth-order valence-electron chi connectivity index (χ4n) is 2.17. The van der Waals surface area contributed by atoms with Crippen molar-refractivity contribution in [3.63, 3.8) is 0 Å². The number of rotatable bonds is 6. The van der Waals surface area contributed by atoms with E-state index in [4.69, 9.17) is 0 Å². The van der Waals surface area contributed by atoms with Crippen LogP contribution >= 0.6 is 0 Å². The fraction of sp³-hybridized carbons (Fsp3) is 0.278. The van der Waals surface area contributed by atoms with Crippen molar-refractivity contribution in [1.82, 2.24) is 0 Å². The van der Waals surface area contributed by atoms with Gasteiger partial charge in [0, 0.05) is 12.3 Å². The molecule has 0 saturated heterocycles. The average molecular weight is 299 g/mol. The van der Waals surface area contributed by atoms with Crippen molar-refractivity contribution in [3.05, 3.63) is 53.6 Å². The summed E-state index contributed by atoms with van der Waals surface area (Å²) in [5, 5.41) is 27.9. The van der Waals surface area contributed by atoms with Crippen LogP contribution in [0.3, 0.4) is 0 Å². The summed E-state index contributed by atoms with van der Waals surface area (Å²) in [6.07, 6.45) is 2.51. The largest absolute Gasteiger partial charge is 0.508 e. The monoisotopic (exact) mass is 299 g/mol. The number of phenols is 3. The lowest BCUT2D eigenvalue weighted by molar-refractivity contribution is 0.403. The Balaban J connectivity index is 1.79. The van der Waals surface area contributed by atoms with Gasteiger partial charge in [-0.2, -0.15) is 0 Å². The molecule has 0 bridgehead atoms. The Morgan fingerprint density at radius 3 is 2.23 bits per heavy atom. The molecule has 0 saturated carbocycles. The van der Waals surface area contributed by atoms with E-state index in [1.54, 1.807) is 24.3 Å². The first kappa shape index (κ1) is 15.9.